The second-order valence-electron chi connectivity index (χ2n) is 2.12. The maximum Gasteiger partial charge on any atom is 0.268 e. The van der Waals surface area contributed by atoms with Gasteiger partial charge in [0.25, 0.3) is 14.8 Å². The summed E-state index contributed by atoms with van der Waals surface area (Å²) in [5.74, 6) is 0. The number of halogens is 1. The van der Waals surface area contributed by atoms with Gasteiger partial charge in [0.15, 0.2) is 10.1 Å². The summed E-state index contributed by atoms with van der Waals surface area (Å²) >= 11 is 3.58. The number of hydrogen-bond donors (Lipinski definition) is 0. The molecular formula is C8H6BrS+. The van der Waals surface area contributed by atoms with Gasteiger partial charge in [-0.05, 0) is 12.1 Å². The molecule has 0 fully saturated rings. The standard InChI is InChI=1S/C8H6BrS/c9-10-6-5-7-3-1-2-4-8(7)10/h1-6H/q+1. The van der Waals surface area contributed by atoms with Crippen molar-refractivity contribution in [2.45, 2.75) is 0 Å². The Balaban J connectivity index is 2.93. The maximum atomic E-state index is 3.58. The van der Waals surface area contributed by atoms with E-state index in [4.69, 9.17) is 0 Å². The zero-order valence-electron chi connectivity index (χ0n) is 5.25. The van der Waals surface area contributed by atoms with Crippen LogP contribution in [0, 0.1) is 0 Å². The van der Waals surface area contributed by atoms with Gasteiger partial charge in [-0.3, -0.25) is 0 Å². The lowest BCUT2D eigenvalue weighted by molar-refractivity contribution is 1.86. The number of benzene rings is 1. The Labute approximate surface area is 69.7 Å². The first-order chi connectivity index (χ1) is 4.88. The number of rotatable bonds is 0. The maximum absolute atomic E-state index is 3.58. The molecule has 0 N–H and O–H groups in total. The summed E-state index contributed by atoms with van der Waals surface area (Å²) in [5, 5.41) is 3.53. The van der Waals surface area contributed by atoms with Crippen LogP contribution in [0.1, 0.15) is 0 Å². The summed E-state index contributed by atoms with van der Waals surface area (Å²) in [6, 6.07) is 10.6. The van der Waals surface area contributed by atoms with E-state index < -0.39 is 0 Å². The van der Waals surface area contributed by atoms with E-state index >= 15 is 0 Å². The third-order valence-corrected chi connectivity index (χ3v) is 4.36. The Kier molecular flexibility index (Phi) is 1.51. The highest BCUT2D eigenvalue weighted by molar-refractivity contribution is 9.34. The highest BCUT2D eigenvalue weighted by Gasteiger charge is 2.06. The summed E-state index contributed by atoms with van der Waals surface area (Å²) in [6.45, 7) is 0. The van der Waals surface area contributed by atoms with Crippen molar-refractivity contribution in [3.63, 3.8) is 0 Å². The van der Waals surface area contributed by atoms with Crippen LogP contribution in [0.25, 0.3) is 10.1 Å². The lowest BCUT2D eigenvalue weighted by Gasteiger charge is -1.78. The van der Waals surface area contributed by atoms with Gasteiger partial charge in [-0.25, -0.2) is 0 Å². The predicted octanol–water partition coefficient (Wildman–Crippen LogP) is 3.75. The molecule has 10 heavy (non-hydrogen) atoms. The van der Waals surface area contributed by atoms with Crippen LogP contribution in [-0.4, -0.2) is 0 Å². The van der Waals surface area contributed by atoms with E-state index in [1.54, 1.807) is 0 Å². The van der Waals surface area contributed by atoms with Crippen molar-refractivity contribution < 1.29 is 0 Å². The van der Waals surface area contributed by atoms with Crippen LogP contribution in [0.4, 0.5) is 0 Å². The van der Waals surface area contributed by atoms with Crippen molar-refractivity contribution in [3.05, 3.63) is 35.7 Å². The van der Waals surface area contributed by atoms with Crippen molar-refractivity contribution in [1.82, 2.24) is 0 Å². The number of thiophene rings is 1. The molecule has 1 heterocycles. The molecule has 0 aliphatic carbocycles. The highest BCUT2D eigenvalue weighted by atomic mass is 79.9. The van der Waals surface area contributed by atoms with Crippen LogP contribution in [-0.2, 0) is 0 Å². The molecule has 0 amide bonds. The topological polar surface area (TPSA) is 0 Å². The normalized spacial score (nSPS) is 12.3. The number of hydrogen-bond acceptors (Lipinski definition) is 0. The molecule has 2 rings (SSSR count). The zero-order valence-corrected chi connectivity index (χ0v) is 7.65. The average Bonchev–Trinajstić information content (AvgIpc) is 2.34. The SMILES string of the molecule is Br[s+]1ccc2ccccc21. The van der Waals surface area contributed by atoms with Gasteiger partial charge in [-0.2, -0.15) is 0 Å². The molecule has 0 saturated heterocycles. The molecule has 0 spiro atoms. The highest BCUT2D eigenvalue weighted by Crippen LogP contribution is 2.36. The van der Waals surface area contributed by atoms with Crippen molar-refractivity contribution >= 4 is 33.8 Å². The minimum absolute atomic E-state index is 0.184. The molecule has 50 valence electrons. The van der Waals surface area contributed by atoms with Crippen LogP contribution in [0.15, 0.2) is 35.7 Å². The van der Waals surface area contributed by atoms with Gasteiger partial charge in [0.1, 0.15) is 0 Å². The summed E-state index contributed by atoms with van der Waals surface area (Å²) in [4.78, 5) is 0. The fraction of sp³-hybridized carbons (Fsp3) is 0. The minimum Gasteiger partial charge on any atom is -0.0613 e. The van der Waals surface area contributed by atoms with E-state index in [1.807, 2.05) is 0 Å². The van der Waals surface area contributed by atoms with Gasteiger partial charge < -0.3 is 0 Å². The summed E-state index contributed by atoms with van der Waals surface area (Å²) in [7, 11) is 0.184. The van der Waals surface area contributed by atoms with E-state index in [-0.39, 0.29) is 8.90 Å². The first-order valence-electron chi connectivity index (χ1n) is 3.04. The van der Waals surface area contributed by atoms with Gasteiger partial charge in [-0.1, -0.05) is 12.1 Å². The molecule has 1 unspecified atom stereocenters. The molecule has 0 bridgehead atoms. The smallest absolute Gasteiger partial charge is 0.0613 e. The van der Waals surface area contributed by atoms with E-state index in [2.05, 4.69) is 50.5 Å². The molecular weight excluding hydrogens is 208 g/mol. The van der Waals surface area contributed by atoms with E-state index in [0.29, 0.717) is 0 Å². The molecule has 1 atom stereocenters. The average molecular weight is 214 g/mol. The Morgan fingerprint density at radius 3 is 2.70 bits per heavy atom. The fourth-order valence-electron chi connectivity index (χ4n) is 1.00. The van der Waals surface area contributed by atoms with E-state index in [9.17, 15) is 0 Å². The van der Waals surface area contributed by atoms with Gasteiger partial charge >= 0.3 is 0 Å². The fourth-order valence-corrected chi connectivity index (χ4v) is 3.19. The van der Waals surface area contributed by atoms with E-state index in [0.717, 1.165) is 0 Å². The largest absolute Gasteiger partial charge is 0.268 e. The van der Waals surface area contributed by atoms with Crippen LogP contribution < -0.4 is 0 Å². The van der Waals surface area contributed by atoms with E-state index in [1.165, 1.54) is 10.1 Å². The van der Waals surface area contributed by atoms with Crippen LogP contribution >= 0.6 is 23.7 Å². The van der Waals surface area contributed by atoms with Crippen molar-refractivity contribution in [2.24, 2.45) is 0 Å². The Morgan fingerprint density at radius 2 is 1.90 bits per heavy atom. The predicted molar refractivity (Wildman–Crippen MR) is 50.8 cm³/mol. The Morgan fingerprint density at radius 1 is 1.10 bits per heavy atom. The molecule has 0 aliphatic rings. The molecule has 0 saturated carbocycles. The molecule has 1 aromatic carbocycles. The molecule has 0 radical (unpaired) electrons. The monoisotopic (exact) mass is 213 g/mol. The van der Waals surface area contributed by atoms with Gasteiger partial charge in [0.05, 0.1) is 8.90 Å². The summed E-state index contributed by atoms with van der Waals surface area (Å²) in [5.41, 5.74) is 0. The van der Waals surface area contributed by atoms with Crippen LogP contribution in [0.3, 0.4) is 0 Å². The van der Waals surface area contributed by atoms with Gasteiger partial charge in [0.2, 0.25) is 0 Å². The van der Waals surface area contributed by atoms with Gasteiger partial charge in [-0.15, -0.1) is 0 Å². The van der Waals surface area contributed by atoms with Crippen molar-refractivity contribution in [2.75, 3.05) is 0 Å². The lowest BCUT2D eigenvalue weighted by Crippen LogP contribution is -1.57. The van der Waals surface area contributed by atoms with Crippen molar-refractivity contribution in [3.8, 4) is 0 Å². The lowest BCUT2D eigenvalue weighted by atomic mass is 10.3. The minimum atomic E-state index is 0.184. The molecule has 0 aliphatic heterocycles. The molecule has 0 nitrogen and oxygen atoms in total. The first kappa shape index (κ1) is 6.38. The first-order valence-corrected chi connectivity index (χ1v) is 6.17. The molecule has 2 heteroatoms. The number of fused-ring (bicyclic) bond motifs is 1. The second kappa shape index (κ2) is 2.36. The Bertz CT molecular complexity index is 351. The summed E-state index contributed by atoms with van der Waals surface area (Å²) < 4.78 is 1.41. The molecule has 2 aromatic rings. The third-order valence-electron chi connectivity index (χ3n) is 1.50. The summed E-state index contributed by atoms with van der Waals surface area (Å²) in [6.07, 6.45) is 0. The molecule has 1 aromatic heterocycles. The Hall–Kier alpha value is -0.340. The zero-order chi connectivity index (χ0) is 6.97. The van der Waals surface area contributed by atoms with Gasteiger partial charge in [0, 0.05) is 11.5 Å². The van der Waals surface area contributed by atoms with Crippen molar-refractivity contribution in [1.29, 1.82) is 0 Å². The second-order valence-corrected chi connectivity index (χ2v) is 5.50. The van der Waals surface area contributed by atoms with Crippen LogP contribution in [0.5, 0.6) is 0 Å². The quantitative estimate of drug-likeness (QED) is 0.586. The van der Waals surface area contributed by atoms with Crippen LogP contribution in [0.2, 0.25) is 0 Å². The third kappa shape index (κ3) is 0.879.